The van der Waals surface area contributed by atoms with E-state index in [1.807, 2.05) is 42.6 Å². The largest absolute Gasteiger partial charge is 0.495 e. The van der Waals surface area contributed by atoms with Gasteiger partial charge in [-0.15, -0.1) is 0 Å². The Morgan fingerprint density at radius 3 is 2.68 bits per heavy atom. The Labute approximate surface area is 182 Å². The summed E-state index contributed by atoms with van der Waals surface area (Å²) >= 11 is 0. The van der Waals surface area contributed by atoms with E-state index in [1.54, 1.807) is 13.3 Å². The first-order valence-corrected chi connectivity index (χ1v) is 10.6. The molecule has 31 heavy (non-hydrogen) atoms. The van der Waals surface area contributed by atoms with Crippen LogP contribution in [0.25, 0.3) is 21.9 Å². The third-order valence-corrected chi connectivity index (χ3v) is 5.81. The first-order chi connectivity index (χ1) is 15.2. The predicted molar refractivity (Wildman–Crippen MR) is 120 cm³/mol. The second-order valence-corrected chi connectivity index (χ2v) is 7.94. The molecular weight excluding hydrogens is 390 g/mol. The van der Waals surface area contributed by atoms with Crippen molar-refractivity contribution in [3.8, 4) is 28.7 Å². The van der Waals surface area contributed by atoms with Crippen molar-refractivity contribution in [1.82, 2.24) is 9.88 Å². The molecule has 1 atom stereocenters. The molecule has 2 heterocycles. The van der Waals surface area contributed by atoms with Crippen molar-refractivity contribution in [2.75, 3.05) is 33.4 Å². The number of hydrogen-bond donors (Lipinski definition) is 1. The Kier molecular flexibility index (Phi) is 6.66. The molecule has 6 heteroatoms. The lowest BCUT2D eigenvalue weighted by molar-refractivity contribution is 0.0588. The van der Waals surface area contributed by atoms with Crippen LogP contribution in [0.2, 0.25) is 0 Å². The number of β-amino-alcohol motifs (C(OH)–C–C–N with tert-alkyl or cyclic N) is 1. The van der Waals surface area contributed by atoms with Gasteiger partial charge in [0, 0.05) is 29.6 Å². The van der Waals surface area contributed by atoms with E-state index in [9.17, 15) is 5.11 Å². The lowest BCUT2D eigenvalue weighted by Crippen LogP contribution is -2.40. The van der Waals surface area contributed by atoms with E-state index in [-0.39, 0.29) is 12.5 Å². The molecule has 0 amide bonds. The second kappa shape index (κ2) is 9.78. The molecule has 0 aliphatic carbocycles. The summed E-state index contributed by atoms with van der Waals surface area (Å²) < 4.78 is 11.3. The highest BCUT2D eigenvalue weighted by molar-refractivity contribution is 6.00. The maximum absolute atomic E-state index is 10.5. The number of aliphatic hydroxyl groups is 1. The molecule has 0 saturated carbocycles. The number of likely N-dealkylation sites (tertiary alicyclic amines) is 1. The van der Waals surface area contributed by atoms with Gasteiger partial charge in [-0.2, -0.15) is 5.26 Å². The van der Waals surface area contributed by atoms with Crippen LogP contribution in [0.1, 0.15) is 12.8 Å². The fraction of sp³-hybridized carbons (Fsp3) is 0.360. The van der Waals surface area contributed by atoms with Crippen molar-refractivity contribution in [1.29, 1.82) is 5.26 Å². The van der Waals surface area contributed by atoms with E-state index in [1.165, 1.54) is 0 Å². The van der Waals surface area contributed by atoms with E-state index < -0.39 is 6.10 Å². The number of nitriles is 1. The molecular formula is C25H27N3O3. The van der Waals surface area contributed by atoms with E-state index >= 15 is 0 Å². The number of pyridine rings is 1. The van der Waals surface area contributed by atoms with E-state index in [0.717, 1.165) is 53.6 Å². The number of fused-ring (bicyclic) bond motifs is 1. The standard InChI is InChI=1S/C25H27N3O3/c1-30-21-12-19(14-27-15-21)22-6-7-25(24-5-3-2-4-23(22)24)31-17-20(29)16-28-10-8-18(13-26)9-11-28/h2-7,12,14-15,18,20,29H,8-11,16-17H2,1H3. The summed E-state index contributed by atoms with van der Waals surface area (Å²) in [7, 11) is 1.63. The van der Waals surface area contributed by atoms with Gasteiger partial charge in [-0.1, -0.05) is 24.3 Å². The normalized spacial score (nSPS) is 16.0. The zero-order chi connectivity index (χ0) is 21.6. The van der Waals surface area contributed by atoms with Crippen LogP contribution in [0.15, 0.2) is 54.9 Å². The Balaban J connectivity index is 1.47. The van der Waals surface area contributed by atoms with Gasteiger partial charge in [0.25, 0.3) is 0 Å². The van der Waals surface area contributed by atoms with Gasteiger partial charge in [0.15, 0.2) is 0 Å². The molecule has 1 aliphatic rings. The SMILES string of the molecule is COc1cncc(-c2ccc(OCC(O)CN3CCC(C#N)CC3)c3ccccc23)c1. The van der Waals surface area contributed by atoms with Gasteiger partial charge < -0.3 is 19.5 Å². The van der Waals surface area contributed by atoms with Gasteiger partial charge in [0.05, 0.1) is 19.4 Å². The Hall–Kier alpha value is -3.14. The van der Waals surface area contributed by atoms with Crippen LogP contribution in [0.4, 0.5) is 0 Å². The van der Waals surface area contributed by atoms with Gasteiger partial charge in [-0.25, -0.2) is 0 Å². The van der Waals surface area contributed by atoms with Gasteiger partial charge in [-0.05, 0) is 55.1 Å². The van der Waals surface area contributed by atoms with E-state index in [2.05, 4.69) is 22.0 Å². The van der Waals surface area contributed by atoms with Gasteiger partial charge in [0.1, 0.15) is 24.2 Å². The van der Waals surface area contributed by atoms with Crippen LogP contribution < -0.4 is 9.47 Å². The zero-order valence-corrected chi connectivity index (χ0v) is 17.7. The molecule has 1 unspecified atom stereocenters. The van der Waals surface area contributed by atoms with Crippen molar-refractivity contribution in [2.24, 2.45) is 5.92 Å². The Morgan fingerprint density at radius 1 is 1.16 bits per heavy atom. The highest BCUT2D eigenvalue weighted by atomic mass is 16.5. The number of aliphatic hydroxyl groups excluding tert-OH is 1. The predicted octanol–water partition coefficient (Wildman–Crippen LogP) is 3.89. The van der Waals surface area contributed by atoms with Crippen molar-refractivity contribution < 1.29 is 14.6 Å². The number of benzene rings is 2. The minimum absolute atomic E-state index is 0.148. The smallest absolute Gasteiger partial charge is 0.137 e. The van der Waals surface area contributed by atoms with Crippen LogP contribution in [0.5, 0.6) is 11.5 Å². The van der Waals surface area contributed by atoms with Crippen molar-refractivity contribution in [2.45, 2.75) is 18.9 Å². The van der Waals surface area contributed by atoms with Crippen molar-refractivity contribution >= 4 is 10.8 Å². The van der Waals surface area contributed by atoms with E-state index in [0.29, 0.717) is 12.3 Å². The number of rotatable bonds is 7. The fourth-order valence-electron chi connectivity index (χ4n) is 4.11. The first-order valence-electron chi connectivity index (χ1n) is 10.6. The van der Waals surface area contributed by atoms with Crippen LogP contribution in [0, 0.1) is 17.2 Å². The molecule has 4 rings (SSSR count). The van der Waals surface area contributed by atoms with Gasteiger partial charge >= 0.3 is 0 Å². The first kappa shape index (κ1) is 21.1. The van der Waals surface area contributed by atoms with Crippen LogP contribution >= 0.6 is 0 Å². The maximum Gasteiger partial charge on any atom is 0.137 e. The average Bonchev–Trinajstić information content (AvgIpc) is 2.83. The monoisotopic (exact) mass is 417 g/mol. The lowest BCUT2D eigenvalue weighted by Gasteiger charge is -2.30. The summed E-state index contributed by atoms with van der Waals surface area (Å²) in [6.45, 7) is 2.48. The molecule has 160 valence electrons. The van der Waals surface area contributed by atoms with E-state index in [4.69, 9.17) is 14.7 Å². The quantitative estimate of drug-likeness (QED) is 0.628. The third kappa shape index (κ3) is 4.96. The number of hydrogen-bond acceptors (Lipinski definition) is 6. The number of methoxy groups -OCH3 is 1. The summed E-state index contributed by atoms with van der Waals surface area (Å²) in [6, 6.07) is 16.4. The summed E-state index contributed by atoms with van der Waals surface area (Å²) in [5.74, 6) is 1.61. The number of aromatic nitrogens is 1. The van der Waals surface area contributed by atoms with Crippen LogP contribution in [-0.2, 0) is 0 Å². The number of ether oxygens (including phenoxy) is 2. The summed E-state index contributed by atoms with van der Waals surface area (Å²) in [4.78, 5) is 6.48. The molecule has 0 bridgehead atoms. The minimum Gasteiger partial charge on any atom is -0.495 e. The average molecular weight is 418 g/mol. The van der Waals surface area contributed by atoms with Crippen LogP contribution in [0.3, 0.4) is 0 Å². The molecule has 0 radical (unpaired) electrons. The molecule has 0 spiro atoms. The number of piperidine rings is 1. The van der Waals surface area contributed by atoms with Gasteiger partial charge in [-0.3, -0.25) is 4.98 Å². The Morgan fingerprint density at radius 2 is 1.94 bits per heavy atom. The fourth-order valence-corrected chi connectivity index (χ4v) is 4.11. The molecule has 3 aromatic rings. The molecule has 6 nitrogen and oxygen atoms in total. The minimum atomic E-state index is -0.584. The zero-order valence-electron chi connectivity index (χ0n) is 17.7. The molecule has 1 saturated heterocycles. The summed E-state index contributed by atoms with van der Waals surface area (Å²) in [6.07, 6.45) is 4.67. The maximum atomic E-state index is 10.5. The molecule has 1 N–H and O–H groups in total. The second-order valence-electron chi connectivity index (χ2n) is 7.94. The third-order valence-electron chi connectivity index (χ3n) is 5.81. The summed E-state index contributed by atoms with van der Waals surface area (Å²) in [5, 5.41) is 21.6. The molecule has 1 aliphatic heterocycles. The van der Waals surface area contributed by atoms with Gasteiger partial charge in [0.2, 0.25) is 0 Å². The highest BCUT2D eigenvalue weighted by Gasteiger charge is 2.21. The van der Waals surface area contributed by atoms with Crippen LogP contribution in [-0.4, -0.2) is 54.4 Å². The lowest BCUT2D eigenvalue weighted by atomic mass is 9.98. The summed E-state index contributed by atoms with van der Waals surface area (Å²) in [5.41, 5.74) is 2.03. The highest BCUT2D eigenvalue weighted by Crippen LogP contribution is 2.35. The topological polar surface area (TPSA) is 78.6 Å². The number of nitrogens with zero attached hydrogens (tertiary/aromatic N) is 3. The molecule has 1 fully saturated rings. The van der Waals surface area contributed by atoms with Crippen molar-refractivity contribution in [3.05, 3.63) is 54.9 Å². The molecule has 1 aromatic heterocycles. The Bertz CT molecular complexity index is 1070. The molecule has 2 aromatic carbocycles. The van der Waals surface area contributed by atoms with Crippen molar-refractivity contribution in [3.63, 3.8) is 0 Å².